The molecule has 0 heterocycles. The number of aryl methyl sites for hydroxylation is 1. The number of nitrogens with one attached hydrogen (secondary N) is 3. The molecule has 0 saturated heterocycles. The van der Waals surface area contributed by atoms with Crippen LogP contribution >= 0.6 is 11.6 Å². The van der Waals surface area contributed by atoms with Gasteiger partial charge in [-0.05, 0) is 56.7 Å². The van der Waals surface area contributed by atoms with Crippen LogP contribution in [0.3, 0.4) is 0 Å². The molecule has 33 heavy (non-hydrogen) atoms. The highest BCUT2D eigenvalue weighted by molar-refractivity contribution is 7.89. The second kappa shape index (κ2) is 12.2. The number of carbonyl (C=O) groups is 2. The predicted molar refractivity (Wildman–Crippen MR) is 130 cm³/mol. The molecule has 7 nitrogen and oxygen atoms in total. The second-order valence-electron chi connectivity index (χ2n) is 9.39. The topological polar surface area (TPSA) is 104 Å². The van der Waals surface area contributed by atoms with E-state index in [1.165, 1.54) is 18.6 Å². The first-order valence-electron chi connectivity index (χ1n) is 12.1. The first-order chi connectivity index (χ1) is 15.7. The van der Waals surface area contributed by atoms with Gasteiger partial charge in [0.05, 0.1) is 5.02 Å². The Hall–Kier alpha value is -1.64. The van der Waals surface area contributed by atoms with E-state index in [0.717, 1.165) is 63.4 Å². The van der Waals surface area contributed by atoms with E-state index < -0.39 is 16.1 Å². The van der Waals surface area contributed by atoms with Gasteiger partial charge in [0.25, 0.3) is 0 Å². The van der Waals surface area contributed by atoms with Crippen molar-refractivity contribution in [2.45, 2.75) is 107 Å². The van der Waals surface area contributed by atoms with E-state index in [9.17, 15) is 18.0 Å². The molecule has 0 spiro atoms. The largest absolute Gasteiger partial charge is 0.353 e. The maximum atomic E-state index is 13.1. The third kappa shape index (κ3) is 7.97. The molecule has 2 aliphatic carbocycles. The van der Waals surface area contributed by atoms with Crippen LogP contribution in [-0.2, 0) is 19.6 Å². The molecule has 0 bridgehead atoms. The van der Waals surface area contributed by atoms with E-state index in [1.807, 2.05) is 0 Å². The van der Waals surface area contributed by atoms with Gasteiger partial charge >= 0.3 is 0 Å². The molecule has 2 amide bonds. The van der Waals surface area contributed by atoms with Gasteiger partial charge < -0.3 is 10.6 Å². The predicted octanol–water partition coefficient (Wildman–Crippen LogP) is 3.97. The molecule has 2 saturated carbocycles. The summed E-state index contributed by atoms with van der Waals surface area (Å²) >= 11 is 6.15. The molecule has 184 valence electrons. The lowest BCUT2D eigenvalue weighted by Crippen LogP contribution is -2.50. The Morgan fingerprint density at radius 2 is 1.55 bits per heavy atom. The van der Waals surface area contributed by atoms with Gasteiger partial charge in [0.2, 0.25) is 21.8 Å². The van der Waals surface area contributed by atoms with Crippen LogP contribution in [0.15, 0.2) is 23.1 Å². The van der Waals surface area contributed by atoms with Crippen LogP contribution < -0.4 is 15.4 Å². The molecule has 1 unspecified atom stereocenters. The monoisotopic (exact) mass is 497 g/mol. The maximum Gasteiger partial charge on any atom is 0.242 e. The van der Waals surface area contributed by atoms with Gasteiger partial charge in [0.1, 0.15) is 10.9 Å². The summed E-state index contributed by atoms with van der Waals surface area (Å²) in [4.78, 5) is 25.5. The minimum Gasteiger partial charge on any atom is -0.353 e. The zero-order chi connectivity index (χ0) is 23.8. The lowest BCUT2D eigenvalue weighted by atomic mass is 9.95. The minimum absolute atomic E-state index is 0.0388. The Balaban J connectivity index is 1.69. The van der Waals surface area contributed by atoms with Crippen LogP contribution in [0.25, 0.3) is 0 Å². The van der Waals surface area contributed by atoms with Crippen LogP contribution in [-0.4, -0.2) is 38.4 Å². The molecule has 1 aromatic carbocycles. The van der Waals surface area contributed by atoms with E-state index in [1.54, 1.807) is 13.0 Å². The average Bonchev–Trinajstić information content (AvgIpc) is 2.79. The smallest absolute Gasteiger partial charge is 0.242 e. The molecular formula is C24H36ClN3O4S. The van der Waals surface area contributed by atoms with Crippen molar-refractivity contribution in [3.05, 3.63) is 28.8 Å². The van der Waals surface area contributed by atoms with E-state index in [0.29, 0.717) is 0 Å². The van der Waals surface area contributed by atoms with Gasteiger partial charge in [0.15, 0.2) is 0 Å². The number of rotatable bonds is 9. The van der Waals surface area contributed by atoms with Gasteiger partial charge in [-0.3, -0.25) is 9.59 Å². The van der Waals surface area contributed by atoms with E-state index >= 15 is 0 Å². The van der Waals surface area contributed by atoms with Crippen molar-refractivity contribution in [2.24, 2.45) is 0 Å². The van der Waals surface area contributed by atoms with E-state index in [2.05, 4.69) is 15.4 Å². The Morgan fingerprint density at radius 3 is 2.15 bits per heavy atom. The van der Waals surface area contributed by atoms with Gasteiger partial charge in [-0.15, -0.1) is 0 Å². The summed E-state index contributed by atoms with van der Waals surface area (Å²) in [5, 5.41) is 6.12. The van der Waals surface area contributed by atoms with Gasteiger partial charge in [-0.25, -0.2) is 8.42 Å². The summed E-state index contributed by atoms with van der Waals surface area (Å²) in [7, 11) is -4.05. The summed E-state index contributed by atoms with van der Waals surface area (Å²) in [6.45, 7) is 1.78. The lowest BCUT2D eigenvalue weighted by Gasteiger charge is -2.26. The number of sulfonamides is 1. The second-order valence-corrected chi connectivity index (χ2v) is 11.5. The number of hydrogen-bond donors (Lipinski definition) is 3. The lowest BCUT2D eigenvalue weighted by molar-refractivity contribution is -0.124. The highest BCUT2D eigenvalue weighted by Crippen LogP contribution is 2.24. The average molecular weight is 498 g/mol. The Labute approximate surface area is 202 Å². The van der Waals surface area contributed by atoms with Crippen molar-refractivity contribution in [2.75, 3.05) is 0 Å². The highest BCUT2D eigenvalue weighted by atomic mass is 35.5. The molecule has 3 N–H and O–H groups in total. The number of hydrogen-bond acceptors (Lipinski definition) is 4. The van der Waals surface area contributed by atoms with Crippen LogP contribution in [0.5, 0.6) is 0 Å². The number of carbonyl (C=O) groups excluding carboxylic acids is 2. The summed E-state index contributed by atoms with van der Waals surface area (Å²) < 4.78 is 28.7. The summed E-state index contributed by atoms with van der Waals surface area (Å²) in [5.41, 5.74) is 0.745. The summed E-state index contributed by atoms with van der Waals surface area (Å²) in [6.07, 6.45) is 10.5. The fourth-order valence-electron chi connectivity index (χ4n) is 4.68. The fraction of sp³-hybridized carbons (Fsp3) is 0.667. The number of amides is 2. The third-order valence-electron chi connectivity index (χ3n) is 6.57. The molecule has 3 rings (SSSR count). The van der Waals surface area contributed by atoms with Crippen molar-refractivity contribution in [3.8, 4) is 0 Å². The molecule has 0 aromatic heterocycles. The van der Waals surface area contributed by atoms with Crippen molar-refractivity contribution in [3.63, 3.8) is 0 Å². The maximum absolute atomic E-state index is 13.1. The quantitative estimate of drug-likeness (QED) is 0.480. The first kappa shape index (κ1) is 26.0. The van der Waals surface area contributed by atoms with Crippen LogP contribution in [0.4, 0.5) is 0 Å². The van der Waals surface area contributed by atoms with Crippen molar-refractivity contribution < 1.29 is 18.0 Å². The molecule has 1 atom stereocenters. The fourth-order valence-corrected chi connectivity index (χ4v) is 6.50. The Kier molecular flexibility index (Phi) is 9.58. The molecule has 9 heteroatoms. The SMILES string of the molecule is Cc1ccc(Cl)c(S(=O)(=O)NC(CCC(=O)NC2CCCCC2)C(=O)NC2CCCCC2)c1. The van der Waals surface area contributed by atoms with Crippen molar-refractivity contribution >= 4 is 33.4 Å². The summed E-state index contributed by atoms with van der Waals surface area (Å²) in [5.74, 6) is -0.537. The normalized spacial score (nSPS) is 19.1. The number of benzene rings is 1. The standard InChI is InChI=1S/C24H36ClN3O4S/c1-17-12-13-20(25)22(16-17)33(31,32)28-21(24(30)27-19-10-6-3-7-11-19)14-15-23(29)26-18-8-4-2-5-9-18/h12-13,16,18-19,21,28H,2-11,14-15H2,1H3,(H,26,29)(H,27,30). The zero-order valence-electron chi connectivity index (χ0n) is 19.4. The Morgan fingerprint density at radius 1 is 0.970 bits per heavy atom. The molecule has 0 aliphatic heterocycles. The molecule has 0 radical (unpaired) electrons. The molecule has 2 aliphatic rings. The van der Waals surface area contributed by atoms with E-state index in [4.69, 9.17) is 11.6 Å². The Bertz CT molecular complexity index is 926. The molecular weight excluding hydrogens is 462 g/mol. The van der Waals surface area contributed by atoms with Crippen LogP contribution in [0, 0.1) is 6.92 Å². The first-order valence-corrected chi connectivity index (χ1v) is 14.0. The van der Waals surface area contributed by atoms with Crippen molar-refractivity contribution in [1.82, 2.24) is 15.4 Å². The molecule has 2 fully saturated rings. The number of halogens is 1. The van der Waals surface area contributed by atoms with E-state index in [-0.39, 0.29) is 46.7 Å². The van der Waals surface area contributed by atoms with Gasteiger partial charge in [-0.1, -0.05) is 56.2 Å². The molecule has 1 aromatic rings. The van der Waals surface area contributed by atoms with Gasteiger partial charge in [0, 0.05) is 18.5 Å². The highest BCUT2D eigenvalue weighted by Gasteiger charge is 2.30. The van der Waals surface area contributed by atoms with Gasteiger partial charge in [-0.2, -0.15) is 4.72 Å². The third-order valence-corrected chi connectivity index (χ3v) is 8.53. The zero-order valence-corrected chi connectivity index (χ0v) is 20.9. The van der Waals surface area contributed by atoms with Crippen LogP contribution in [0.1, 0.15) is 82.6 Å². The summed E-state index contributed by atoms with van der Waals surface area (Å²) in [6, 6.07) is 3.90. The van der Waals surface area contributed by atoms with Crippen LogP contribution in [0.2, 0.25) is 5.02 Å². The minimum atomic E-state index is -4.05. The van der Waals surface area contributed by atoms with Crippen molar-refractivity contribution in [1.29, 1.82) is 0 Å².